The lowest BCUT2D eigenvalue weighted by Crippen LogP contribution is -2.37. The fourth-order valence-corrected chi connectivity index (χ4v) is 1.95. The molecule has 100 valence electrons. The molecule has 1 aromatic rings. The minimum Gasteiger partial charge on any atom is -0.362 e. The number of hydrogen-bond acceptors (Lipinski definition) is 3. The van der Waals surface area contributed by atoms with Gasteiger partial charge in [-0.3, -0.25) is 4.79 Å². The Morgan fingerprint density at radius 3 is 2.61 bits per heavy atom. The Hall–Kier alpha value is -1.55. The number of carbonyl (C=O) groups excluding carboxylic acids is 1. The number of anilines is 1. The van der Waals surface area contributed by atoms with Gasteiger partial charge in [0.25, 0.3) is 0 Å². The van der Waals surface area contributed by atoms with Crippen molar-refractivity contribution in [3.63, 3.8) is 0 Å². The Morgan fingerprint density at radius 1 is 1.28 bits per heavy atom. The maximum atomic E-state index is 11.7. The summed E-state index contributed by atoms with van der Waals surface area (Å²) in [5.74, 6) is 0.0682. The van der Waals surface area contributed by atoms with Crippen LogP contribution >= 0.6 is 0 Å². The third kappa shape index (κ3) is 4.04. The van der Waals surface area contributed by atoms with Crippen LogP contribution in [0.3, 0.4) is 0 Å². The highest BCUT2D eigenvalue weighted by Crippen LogP contribution is 2.19. The summed E-state index contributed by atoms with van der Waals surface area (Å²) in [6.07, 6.45) is 0. The zero-order chi connectivity index (χ0) is 13.4. The average Bonchev–Trinajstić information content (AvgIpc) is 2.37. The van der Waals surface area contributed by atoms with Crippen LogP contribution in [0.4, 0.5) is 5.69 Å². The monoisotopic (exact) mass is 249 g/mol. The summed E-state index contributed by atoms with van der Waals surface area (Å²) in [5.41, 5.74) is 2.34. The number of carbonyl (C=O) groups is 1. The second kappa shape index (κ2) is 7.71. The lowest BCUT2D eigenvalue weighted by atomic mass is 10.1. The van der Waals surface area contributed by atoms with Gasteiger partial charge in [-0.1, -0.05) is 18.2 Å². The van der Waals surface area contributed by atoms with Crippen molar-refractivity contribution in [1.82, 2.24) is 10.6 Å². The predicted octanol–water partition coefficient (Wildman–Crippen LogP) is 1.37. The van der Waals surface area contributed by atoms with Crippen LogP contribution in [0.2, 0.25) is 0 Å². The lowest BCUT2D eigenvalue weighted by molar-refractivity contribution is -0.119. The first-order valence-corrected chi connectivity index (χ1v) is 6.47. The maximum Gasteiger partial charge on any atom is 0.239 e. The van der Waals surface area contributed by atoms with Gasteiger partial charge in [0.15, 0.2) is 0 Å². The van der Waals surface area contributed by atoms with Crippen LogP contribution < -0.4 is 15.5 Å². The Kier molecular flexibility index (Phi) is 6.22. The Bertz CT molecular complexity index is 379. The normalized spacial score (nSPS) is 10.2. The molecule has 0 bridgehead atoms. The van der Waals surface area contributed by atoms with E-state index in [1.807, 2.05) is 26.1 Å². The fourth-order valence-electron chi connectivity index (χ4n) is 1.95. The summed E-state index contributed by atoms with van der Waals surface area (Å²) in [6, 6.07) is 8.19. The quantitative estimate of drug-likeness (QED) is 0.767. The van der Waals surface area contributed by atoms with Crippen LogP contribution in [0, 0.1) is 0 Å². The van der Waals surface area contributed by atoms with E-state index in [4.69, 9.17) is 0 Å². The Labute approximate surface area is 109 Å². The summed E-state index contributed by atoms with van der Waals surface area (Å²) in [5, 5.41) is 5.99. The molecular formula is C14H23N3O. The molecule has 0 aromatic heterocycles. The number of amides is 1. The lowest BCUT2D eigenvalue weighted by Gasteiger charge is -2.25. The zero-order valence-electron chi connectivity index (χ0n) is 11.5. The molecule has 0 aliphatic rings. The molecule has 0 unspecified atom stereocenters. The molecule has 0 aliphatic carbocycles. The van der Waals surface area contributed by atoms with Crippen molar-refractivity contribution in [2.45, 2.75) is 20.4 Å². The number of nitrogens with zero attached hydrogens (tertiary/aromatic N) is 1. The van der Waals surface area contributed by atoms with Crippen molar-refractivity contribution in [2.24, 2.45) is 0 Å². The summed E-state index contributed by atoms with van der Waals surface area (Å²) in [4.78, 5) is 13.8. The van der Waals surface area contributed by atoms with E-state index in [1.54, 1.807) is 0 Å². The SMILES string of the molecule is CCNC(=O)CN(CC)c1ccccc1CNC. The third-order valence-electron chi connectivity index (χ3n) is 2.79. The minimum atomic E-state index is 0.0682. The molecule has 1 amide bonds. The summed E-state index contributed by atoms with van der Waals surface area (Å²) in [6.45, 7) is 6.71. The second-order valence-electron chi connectivity index (χ2n) is 4.13. The van der Waals surface area contributed by atoms with E-state index < -0.39 is 0 Å². The first kappa shape index (κ1) is 14.5. The van der Waals surface area contributed by atoms with Crippen molar-refractivity contribution in [3.8, 4) is 0 Å². The van der Waals surface area contributed by atoms with E-state index in [2.05, 4.69) is 34.6 Å². The molecule has 0 heterocycles. The van der Waals surface area contributed by atoms with Crippen molar-refractivity contribution >= 4 is 11.6 Å². The Morgan fingerprint density at radius 2 is 2.00 bits per heavy atom. The van der Waals surface area contributed by atoms with E-state index >= 15 is 0 Å². The van der Waals surface area contributed by atoms with Crippen molar-refractivity contribution in [1.29, 1.82) is 0 Å². The van der Waals surface area contributed by atoms with Gasteiger partial charge in [-0.05, 0) is 32.5 Å². The maximum absolute atomic E-state index is 11.7. The number of benzene rings is 1. The van der Waals surface area contributed by atoms with Gasteiger partial charge in [-0.2, -0.15) is 0 Å². The summed E-state index contributed by atoms with van der Waals surface area (Å²) < 4.78 is 0. The van der Waals surface area contributed by atoms with Gasteiger partial charge in [0.05, 0.1) is 6.54 Å². The van der Waals surface area contributed by atoms with Crippen LogP contribution in [0.5, 0.6) is 0 Å². The van der Waals surface area contributed by atoms with Crippen LogP contribution in [-0.2, 0) is 11.3 Å². The van der Waals surface area contributed by atoms with E-state index in [0.29, 0.717) is 13.1 Å². The number of hydrogen-bond donors (Lipinski definition) is 2. The highest BCUT2D eigenvalue weighted by atomic mass is 16.2. The average molecular weight is 249 g/mol. The molecule has 0 saturated carbocycles. The standard InChI is InChI=1S/C14H23N3O/c1-4-16-14(18)11-17(5-2)13-9-7-6-8-12(13)10-15-3/h6-9,15H,4-5,10-11H2,1-3H3,(H,16,18). The smallest absolute Gasteiger partial charge is 0.239 e. The first-order chi connectivity index (χ1) is 8.72. The van der Waals surface area contributed by atoms with E-state index in [9.17, 15) is 4.79 Å². The largest absolute Gasteiger partial charge is 0.362 e. The highest BCUT2D eigenvalue weighted by Gasteiger charge is 2.12. The molecule has 0 spiro atoms. The molecule has 0 fully saturated rings. The molecule has 1 aromatic carbocycles. The second-order valence-corrected chi connectivity index (χ2v) is 4.13. The number of rotatable bonds is 7. The van der Waals surface area contributed by atoms with E-state index in [0.717, 1.165) is 18.8 Å². The molecule has 0 atom stereocenters. The number of para-hydroxylation sites is 1. The summed E-state index contributed by atoms with van der Waals surface area (Å²) >= 11 is 0. The third-order valence-corrected chi connectivity index (χ3v) is 2.79. The van der Waals surface area contributed by atoms with Crippen molar-refractivity contribution in [3.05, 3.63) is 29.8 Å². The van der Waals surface area contributed by atoms with Crippen LogP contribution in [0.25, 0.3) is 0 Å². The van der Waals surface area contributed by atoms with Crippen molar-refractivity contribution in [2.75, 3.05) is 31.6 Å². The molecule has 2 N–H and O–H groups in total. The van der Waals surface area contributed by atoms with Gasteiger partial charge < -0.3 is 15.5 Å². The van der Waals surface area contributed by atoms with Gasteiger partial charge in [-0.25, -0.2) is 0 Å². The van der Waals surface area contributed by atoms with Crippen LogP contribution in [0.15, 0.2) is 24.3 Å². The molecule has 18 heavy (non-hydrogen) atoms. The Balaban J connectivity index is 2.83. The van der Waals surface area contributed by atoms with E-state index in [-0.39, 0.29) is 5.91 Å². The summed E-state index contributed by atoms with van der Waals surface area (Å²) in [7, 11) is 1.93. The van der Waals surface area contributed by atoms with Gasteiger partial charge in [0.2, 0.25) is 5.91 Å². The molecule has 1 rings (SSSR count). The number of likely N-dealkylation sites (N-methyl/N-ethyl adjacent to an activating group) is 2. The zero-order valence-corrected chi connectivity index (χ0v) is 11.5. The van der Waals surface area contributed by atoms with Gasteiger partial charge in [-0.15, -0.1) is 0 Å². The molecule has 0 radical (unpaired) electrons. The van der Waals surface area contributed by atoms with E-state index in [1.165, 1.54) is 5.56 Å². The molecule has 0 saturated heterocycles. The number of nitrogens with one attached hydrogen (secondary N) is 2. The van der Waals surface area contributed by atoms with Crippen LogP contribution in [0.1, 0.15) is 19.4 Å². The van der Waals surface area contributed by atoms with Gasteiger partial charge in [0.1, 0.15) is 0 Å². The highest BCUT2D eigenvalue weighted by molar-refractivity contribution is 5.81. The molecule has 4 nitrogen and oxygen atoms in total. The minimum absolute atomic E-state index is 0.0682. The molecule has 0 aliphatic heterocycles. The van der Waals surface area contributed by atoms with Gasteiger partial charge >= 0.3 is 0 Å². The topological polar surface area (TPSA) is 44.4 Å². The van der Waals surface area contributed by atoms with Gasteiger partial charge in [0, 0.05) is 25.3 Å². The first-order valence-electron chi connectivity index (χ1n) is 6.47. The molecule has 4 heteroatoms. The fraction of sp³-hybridized carbons (Fsp3) is 0.500. The predicted molar refractivity (Wildman–Crippen MR) is 75.8 cm³/mol. The molecular weight excluding hydrogens is 226 g/mol. The van der Waals surface area contributed by atoms with Crippen LogP contribution in [-0.4, -0.2) is 32.6 Å². The van der Waals surface area contributed by atoms with Crippen molar-refractivity contribution < 1.29 is 4.79 Å².